The number of benzene rings is 2. The van der Waals surface area contributed by atoms with Gasteiger partial charge in [-0.1, -0.05) is 0 Å². The van der Waals surface area contributed by atoms with Crippen LogP contribution in [-0.2, 0) is 12.8 Å². The van der Waals surface area contributed by atoms with Gasteiger partial charge >= 0.3 is 0 Å². The summed E-state index contributed by atoms with van der Waals surface area (Å²) in [5.41, 5.74) is 1.95. The van der Waals surface area contributed by atoms with Gasteiger partial charge in [0.05, 0.1) is 6.61 Å². The molecular formula is C23H24F4O6. The molecule has 0 bridgehead atoms. The molecular weight excluding hydrogens is 448 g/mol. The van der Waals surface area contributed by atoms with E-state index in [1.165, 1.54) is 0 Å². The van der Waals surface area contributed by atoms with Crippen LogP contribution >= 0.6 is 0 Å². The summed E-state index contributed by atoms with van der Waals surface area (Å²) < 4.78 is 54.8. The summed E-state index contributed by atoms with van der Waals surface area (Å²) in [6.07, 6.45) is -9.72. The lowest BCUT2D eigenvalue weighted by atomic mass is 9.92. The van der Waals surface area contributed by atoms with Gasteiger partial charge in [-0.2, -0.15) is 0 Å². The first-order valence-corrected chi connectivity index (χ1v) is 9.88. The Labute approximate surface area is 187 Å². The van der Waals surface area contributed by atoms with E-state index in [1.54, 1.807) is 0 Å². The zero-order chi connectivity index (χ0) is 24.7. The van der Waals surface area contributed by atoms with Crippen LogP contribution in [0.4, 0.5) is 17.6 Å². The van der Waals surface area contributed by atoms with Gasteiger partial charge in [0.25, 0.3) is 0 Å². The van der Waals surface area contributed by atoms with E-state index in [9.17, 15) is 43.1 Å². The number of aliphatic hydroxyl groups is 6. The monoisotopic (exact) mass is 472 g/mol. The van der Waals surface area contributed by atoms with Crippen molar-refractivity contribution in [1.82, 2.24) is 0 Å². The predicted octanol–water partition coefficient (Wildman–Crippen LogP) is 0.907. The average Bonchev–Trinajstić information content (AvgIpc) is 2.80. The molecule has 0 aliphatic carbocycles. The van der Waals surface area contributed by atoms with Crippen molar-refractivity contribution < 1.29 is 48.2 Å². The minimum atomic E-state index is -2.14. The van der Waals surface area contributed by atoms with E-state index in [-0.39, 0.29) is 23.1 Å². The first kappa shape index (κ1) is 26.7. The van der Waals surface area contributed by atoms with E-state index in [2.05, 4.69) is 5.73 Å². The summed E-state index contributed by atoms with van der Waals surface area (Å²) in [7, 11) is 0. The van der Waals surface area contributed by atoms with E-state index < -0.39 is 66.8 Å². The van der Waals surface area contributed by atoms with Crippen LogP contribution < -0.4 is 0 Å². The first-order chi connectivity index (χ1) is 15.5. The molecule has 6 nitrogen and oxygen atoms in total. The zero-order valence-corrected chi connectivity index (χ0v) is 17.2. The fraction of sp³-hybridized carbons (Fsp3) is 0.348. The molecule has 0 aromatic heterocycles. The Morgan fingerprint density at radius 1 is 0.788 bits per heavy atom. The molecule has 2 aromatic rings. The van der Waals surface area contributed by atoms with E-state index >= 15 is 0 Å². The third-order valence-corrected chi connectivity index (χ3v) is 4.97. The standard InChI is InChI=1S/C23H24F4O6/c24-15-4-6-17(26)12(9-15)2-1-3-13(8-14-10-16(25)5-7-18(14)27)20(30)22(32)23(33)21(31)19(29)11-28/h1,4-7,9-10,19-23,28-33H,2,8,11H2/t3?,19-,20?,21+,22+,23-/m0/s1. The third kappa shape index (κ3) is 7.21. The minimum Gasteiger partial charge on any atom is -0.394 e. The van der Waals surface area contributed by atoms with Crippen LogP contribution in [0.15, 0.2) is 53.8 Å². The number of rotatable bonds is 10. The molecule has 0 saturated carbocycles. The molecule has 10 heteroatoms. The van der Waals surface area contributed by atoms with Gasteiger partial charge in [0.15, 0.2) is 0 Å². The molecule has 0 spiro atoms. The fourth-order valence-electron chi connectivity index (χ4n) is 3.05. The summed E-state index contributed by atoms with van der Waals surface area (Å²) in [5, 5.41) is 58.9. The van der Waals surface area contributed by atoms with Gasteiger partial charge in [-0.3, -0.25) is 0 Å². The van der Waals surface area contributed by atoms with E-state index in [1.807, 2.05) is 0 Å². The van der Waals surface area contributed by atoms with Gasteiger partial charge in [0.1, 0.15) is 53.8 Å². The Morgan fingerprint density at radius 2 is 1.33 bits per heavy atom. The molecule has 33 heavy (non-hydrogen) atoms. The van der Waals surface area contributed by atoms with Crippen LogP contribution in [0.25, 0.3) is 0 Å². The molecule has 5 atom stereocenters. The van der Waals surface area contributed by atoms with Crippen molar-refractivity contribution in [1.29, 1.82) is 0 Å². The lowest BCUT2D eigenvalue weighted by molar-refractivity contribution is -0.134. The van der Waals surface area contributed by atoms with Crippen LogP contribution in [-0.4, -0.2) is 67.8 Å². The molecule has 0 aliphatic heterocycles. The largest absolute Gasteiger partial charge is 0.394 e. The Hall–Kier alpha value is -2.56. The van der Waals surface area contributed by atoms with Crippen molar-refractivity contribution in [3.05, 3.63) is 88.2 Å². The van der Waals surface area contributed by atoms with Gasteiger partial charge in [-0.15, -0.1) is 5.73 Å². The van der Waals surface area contributed by atoms with Crippen LogP contribution in [0.1, 0.15) is 11.1 Å². The summed E-state index contributed by atoms with van der Waals surface area (Å²) >= 11 is 0. The molecule has 2 rings (SSSR count). The Balaban J connectivity index is 2.39. The third-order valence-electron chi connectivity index (χ3n) is 4.97. The quantitative estimate of drug-likeness (QED) is 0.226. The summed E-state index contributed by atoms with van der Waals surface area (Å²) in [4.78, 5) is 0. The van der Waals surface area contributed by atoms with Gasteiger partial charge in [-0.05, 0) is 53.6 Å². The molecule has 0 saturated heterocycles. The summed E-state index contributed by atoms with van der Waals surface area (Å²) in [6, 6.07) is 5.31. The van der Waals surface area contributed by atoms with Crippen LogP contribution in [0.2, 0.25) is 0 Å². The molecule has 0 fully saturated rings. The maximum atomic E-state index is 14.1. The lowest BCUT2D eigenvalue weighted by Gasteiger charge is -2.29. The maximum absolute atomic E-state index is 14.1. The van der Waals surface area contributed by atoms with E-state index in [4.69, 9.17) is 5.11 Å². The highest BCUT2D eigenvalue weighted by molar-refractivity contribution is 5.28. The molecule has 1 unspecified atom stereocenters. The Bertz CT molecular complexity index is 1010. The normalized spacial score (nSPS) is 15.8. The van der Waals surface area contributed by atoms with Gasteiger partial charge in [-0.25, -0.2) is 17.6 Å². The zero-order valence-electron chi connectivity index (χ0n) is 17.2. The molecule has 6 N–H and O–H groups in total. The number of hydrogen-bond donors (Lipinski definition) is 6. The second kappa shape index (κ2) is 12.1. The second-order valence-corrected chi connectivity index (χ2v) is 7.39. The van der Waals surface area contributed by atoms with Crippen molar-refractivity contribution in [2.75, 3.05) is 6.61 Å². The van der Waals surface area contributed by atoms with Gasteiger partial charge < -0.3 is 30.6 Å². The summed E-state index contributed by atoms with van der Waals surface area (Å²) in [6.45, 7) is -0.947. The predicted molar refractivity (Wildman–Crippen MR) is 109 cm³/mol. The molecule has 2 aromatic carbocycles. The van der Waals surface area contributed by atoms with Gasteiger partial charge in [0.2, 0.25) is 0 Å². The average molecular weight is 472 g/mol. The number of hydrogen-bond acceptors (Lipinski definition) is 6. The highest BCUT2D eigenvalue weighted by atomic mass is 19.1. The van der Waals surface area contributed by atoms with E-state index in [0.717, 1.165) is 42.5 Å². The number of aliphatic hydroxyl groups excluding tert-OH is 6. The van der Waals surface area contributed by atoms with Crippen molar-refractivity contribution in [2.24, 2.45) is 0 Å². The van der Waals surface area contributed by atoms with E-state index in [0.29, 0.717) is 0 Å². The smallest absolute Gasteiger partial charge is 0.126 e. The number of halogens is 4. The topological polar surface area (TPSA) is 121 Å². The van der Waals surface area contributed by atoms with Crippen molar-refractivity contribution >= 4 is 0 Å². The minimum absolute atomic E-state index is 0.0599. The molecule has 0 amide bonds. The Kier molecular flexibility index (Phi) is 9.75. The SMILES string of the molecule is OC[C@H](O)[C@@H](O)[C@H](O)[C@H](O)C(O)C(=C=CCc1cc(F)ccc1F)Cc1cc(F)ccc1F. The second-order valence-electron chi connectivity index (χ2n) is 7.39. The molecule has 180 valence electrons. The van der Waals surface area contributed by atoms with Gasteiger partial charge in [0, 0.05) is 18.4 Å². The highest BCUT2D eigenvalue weighted by Crippen LogP contribution is 2.20. The first-order valence-electron chi connectivity index (χ1n) is 9.88. The van der Waals surface area contributed by atoms with Crippen molar-refractivity contribution in [2.45, 2.75) is 43.4 Å². The highest BCUT2D eigenvalue weighted by Gasteiger charge is 2.35. The van der Waals surface area contributed by atoms with Crippen LogP contribution in [0.3, 0.4) is 0 Å². The lowest BCUT2D eigenvalue weighted by Crippen LogP contribution is -2.50. The molecule has 0 radical (unpaired) electrons. The maximum Gasteiger partial charge on any atom is 0.126 e. The Morgan fingerprint density at radius 3 is 1.91 bits per heavy atom. The van der Waals surface area contributed by atoms with Crippen LogP contribution in [0, 0.1) is 23.3 Å². The fourth-order valence-corrected chi connectivity index (χ4v) is 3.05. The van der Waals surface area contributed by atoms with Crippen molar-refractivity contribution in [3.63, 3.8) is 0 Å². The molecule has 0 aliphatic rings. The molecule has 0 heterocycles. The van der Waals surface area contributed by atoms with Crippen LogP contribution in [0.5, 0.6) is 0 Å². The summed E-state index contributed by atoms with van der Waals surface area (Å²) in [5.74, 6) is -3.04. The van der Waals surface area contributed by atoms with Crippen molar-refractivity contribution in [3.8, 4) is 0 Å².